The van der Waals surface area contributed by atoms with Crippen LogP contribution in [0.5, 0.6) is 0 Å². The first-order chi connectivity index (χ1) is 6.25. The second-order valence-corrected chi connectivity index (χ2v) is 5.27. The van der Waals surface area contributed by atoms with Gasteiger partial charge >= 0.3 is 5.97 Å². The molecule has 0 spiro atoms. The second-order valence-electron chi connectivity index (χ2n) is 5.27. The van der Waals surface area contributed by atoms with Gasteiger partial charge in [-0.15, -0.1) is 0 Å². The molecule has 0 saturated heterocycles. The van der Waals surface area contributed by atoms with Gasteiger partial charge < -0.3 is 9.84 Å². The van der Waals surface area contributed by atoms with Gasteiger partial charge in [-0.1, -0.05) is 27.7 Å². The van der Waals surface area contributed by atoms with Crippen molar-refractivity contribution in [2.45, 2.75) is 40.2 Å². The second kappa shape index (κ2) is 3.23. The summed E-state index contributed by atoms with van der Waals surface area (Å²) in [5.41, 5.74) is 0.421. The van der Waals surface area contributed by atoms with Crippen molar-refractivity contribution < 1.29 is 14.6 Å². The molecule has 0 aromatic rings. The summed E-state index contributed by atoms with van der Waals surface area (Å²) in [7, 11) is 1.30. The molecule has 1 aliphatic carbocycles. The van der Waals surface area contributed by atoms with E-state index in [9.17, 15) is 9.90 Å². The van der Waals surface area contributed by atoms with Crippen LogP contribution < -0.4 is 0 Å². The normalized spacial score (nSPS) is 25.6. The molecule has 1 saturated carbocycles. The summed E-state index contributed by atoms with van der Waals surface area (Å²) in [6.07, 6.45) is -0.460. The molecule has 1 fully saturated rings. The molecule has 1 rings (SSSR count). The van der Waals surface area contributed by atoms with Gasteiger partial charge in [-0.2, -0.15) is 0 Å². The van der Waals surface area contributed by atoms with E-state index in [1.54, 1.807) is 0 Å². The fraction of sp³-hybridized carbons (Fsp3) is 0.909. The van der Waals surface area contributed by atoms with Gasteiger partial charge in [0.25, 0.3) is 0 Å². The van der Waals surface area contributed by atoms with Crippen LogP contribution in [-0.4, -0.2) is 24.3 Å². The minimum atomic E-state index is -0.967. The molecular formula is C11H20O3. The maximum atomic E-state index is 11.0. The van der Waals surface area contributed by atoms with E-state index in [0.29, 0.717) is 12.3 Å². The zero-order valence-corrected chi connectivity index (χ0v) is 9.63. The molecule has 0 aromatic heterocycles. The van der Waals surface area contributed by atoms with E-state index < -0.39 is 12.1 Å². The Morgan fingerprint density at radius 2 is 1.79 bits per heavy atom. The third-order valence-electron chi connectivity index (χ3n) is 4.25. The number of ether oxygens (including phenoxy) is 1. The number of aliphatic hydroxyl groups is 1. The number of aliphatic hydroxyl groups excluding tert-OH is 1. The monoisotopic (exact) mass is 200 g/mol. The number of rotatable bonds is 3. The van der Waals surface area contributed by atoms with Crippen LogP contribution in [0.1, 0.15) is 34.1 Å². The van der Waals surface area contributed by atoms with E-state index >= 15 is 0 Å². The van der Waals surface area contributed by atoms with Gasteiger partial charge in [-0.3, -0.25) is 0 Å². The van der Waals surface area contributed by atoms with Crippen LogP contribution in [0, 0.1) is 16.7 Å². The predicted octanol–water partition coefficient (Wildman–Crippen LogP) is 1.59. The SMILES string of the molecule is COC(=O)C(O)CC1C(C)(C)C1(C)C. The lowest BCUT2D eigenvalue weighted by Gasteiger charge is -2.08. The lowest BCUT2D eigenvalue weighted by atomic mass is 10.0. The van der Waals surface area contributed by atoms with Gasteiger partial charge in [0.15, 0.2) is 6.10 Å². The molecule has 1 aliphatic rings. The van der Waals surface area contributed by atoms with Crippen molar-refractivity contribution >= 4 is 5.97 Å². The fourth-order valence-electron chi connectivity index (χ4n) is 2.38. The van der Waals surface area contributed by atoms with Gasteiger partial charge in [0.2, 0.25) is 0 Å². The van der Waals surface area contributed by atoms with E-state index in [1.807, 2.05) is 0 Å². The van der Waals surface area contributed by atoms with Gasteiger partial charge in [-0.25, -0.2) is 4.79 Å². The molecule has 0 heterocycles. The van der Waals surface area contributed by atoms with Crippen LogP contribution in [0.15, 0.2) is 0 Å². The van der Waals surface area contributed by atoms with E-state index in [1.165, 1.54) is 7.11 Å². The summed E-state index contributed by atoms with van der Waals surface area (Å²) in [6, 6.07) is 0. The average molecular weight is 200 g/mol. The highest BCUT2D eigenvalue weighted by molar-refractivity contribution is 5.74. The lowest BCUT2D eigenvalue weighted by Crippen LogP contribution is -2.23. The first-order valence-electron chi connectivity index (χ1n) is 5.01. The Bertz CT molecular complexity index is 229. The molecule has 0 bridgehead atoms. The van der Waals surface area contributed by atoms with Crippen LogP contribution >= 0.6 is 0 Å². The van der Waals surface area contributed by atoms with E-state index in [2.05, 4.69) is 32.4 Å². The quantitative estimate of drug-likeness (QED) is 0.704. The number of hydrogen-bond acceptors (Lipinski definition) is 3. The lowest BCUT2D eigenvalue weighted by molar-refractivity contribution is -0.151. The zero-order valence-electron chi connectivity index (χ0n) is 9.63. The first kappa shape index (κ1) is 11.5. The van der Waals surface area contributed by atoms with E-state index in [4.69, 9.17) is 0 Å². The number of carbonyl (C=O) groups is 1. The molecular weight excluding hydrogens is 180 g/mol. The Hall–Kier alpha value is -0.570. The number of methoxy groups -OCH3 is 1. The summed E-state index contributed by atoms with van der Waals surface area (Å²) >= 11 is 0. The van der Waals surface area contributed by atoms with Crippen LogP contribution in [0.2, 0.25) is 0 Å². The van der Waals surface area contributed by atoms with Crippen molar-refractivity contribution in [2.75, 3.05) is 7.11 Å². The molecule has 1 atom stereocenters. The highest BCUT2D eigenvalue weighted by Crippen LogP contribution is 2.69. The molecule has 1 N–H and O–H groups in total. The molecule has 0 amide bonds. The maximum absolute atomic E-state index is 11.0. The van der Waals surface area contributed by atoms with E-state index in [-0.39, 0.29) is 10.8 Å². The third kappa shape index (κ3) is 1.54. The molecule has 1 unspecified atom stereocenters. The molecule has 3 nitrogen and oxygen atoms in total. The summed E-state index contributed by atoms with van der Waals surface area (Å²) in [5.74, 6) is -0.132. The van der Waals surface area contributed by atoms with Gasteiger partial charge in [0, 0.05) is 0 Å². The van der Waals surface area contributed by atoms with Crippen molar-refractivity contribution in [1.29, 1.82) is 0 Å². The summed E-state index contributed by atoms with van der Waals surface area (Å²) in [5, 5.41) is 9.52. The number of esters is 1. The minimum Gasteiger partial charge on any atom is -0.467 e. The van der Waals surface area contributed by atoms with Gasteiger partial charge in [0.1, 0.15) is 0 Å². The fourth-order valence-corrected chi connectivity index (χ4v) is 2.38. The molecule has 0 radical (unpaired) electrons. The Balaban J connectivity index is 2.53. The zero-order chi connectivity index (χ0) is 11.1. The van der Waals surface area contributed by atoms with Crippen molar-refractivity contribution in [2.24, 2.45) is 16.7 Å². The van der Waals surface area contributed by atoms with Crippen LogP contribution in [0.3, 0.4) is 0 Å². The summed E-state index contributed by atoms with van der Waals surface area (Å²) < 4.78 is 4.49. The average Bonchev–Trinajstić information content (AvgIpc) is 2.46. The van der Waals surface area contributed by atoms with Crippen LogP contribution in [0.4, 0.5) is 0 Å². The predicted molar refractivity (Wildman–Crippen MR) is 53.7 cm³/mol. The Morgan fingerprint density at radius 1 is 1.36 bits per heavy atom. The van der Waals surface area contributed by atoms with Crippen molar-refractivity contribution in [3.05, 3.63) is 0 Å². The number of hydrogen-bond donors (Lipinski definition) is 1. The highest BCUT2D eigenvalue weighted by atomic mass is 16.5. The molecule has 3 heteroatoms. The standard InChI is InChI=1S/C11H20O3/c1-10(2)8(11(10,3)4)6-7(12)9(13)14-5/h7-8,12H,6H2,1-5H3. The number of carbonyl (C=O) groups excluding carboxylic acids is 1. The van der Waals surface area contributed by atoms with Crippen LogP contribution in [0.25, 0.3) is 0 Å². The minimum absolute atomic E-state index is 0.210. The van der Waals surface area contributed by atoms with E-state index in [0.717, 1.165) is 0 Å². The Morgan fingerprint density at radius 3 is 2.07 bits per heavy atom. The highest BCUT2D eigenvalue weighted by Gasteiger charge is 2.64. The molecule has 0 aliphatic heterocycles. The van der Waals surface area contributed by atoms with Crippen molar-refractivity contribution in [1.82, 2.24) is 0 Å². The molecule has 0 aromatic carbocycles. The first-order valence-corrected chi connectivity index (χ1v) is 5.01. The topological polar surface area (TPSA) is 46.5 Å². The third-order valence-corrected chi connectivity index (χ3v) is 4.25. The Kier molecular flexibility index (Phi) is 2.65. The van der Waals surface area contributed by atoms with Crippen molar-refractivity contribution in [3.8, 4) is 0 Å². The summed E-state index contributed by atoms with van der Waals surface area (Å²) in [6.45, 7) is 8.67. The summed E-state index contributed by atoms with van der Waals surface area (Å²) in [4.78, 5) is 11.0. The van der Waals surface area contributed by atoms with Crippen molar-refractivity contribution in [3.63, 3.8) is 0 Å². The smallest absolute Gasteiger partial charge is 0.334 e. The maximum Gasteiger partial charge on any atom is 0.334 e. The largest absolute Gasteiger partial charge is 0.467 e. The van der Waals surface area contributed by atoms with Crippen LogP contribution in [-0.2, 0) is 9.53 Å². The van der Waals surface area contributed by atoms with Gasteiger partial charge in [-0.05, 0) is 23.2 Å². The Labute approximate surface area is 85.5 Å². The molecule has 82 valence electrons. The molecule has 14 heavy (non-hydrogen) atoms. The van der Waals surface area contributed by atoms with Gasteiger partial charge in [0.05, 0.1) is 7.11 Å².